The number of halogens is 4. The van der Waals surface area contributed by atoms with Crippen molar-refractivity contribution in [2.24, 2.45) is 4.99 Å². The number of rotatable bonds is 6. The summed E-state index contributed by atoms with van der Waals surface area (Å²) in [5.41, 5.74) is 2.47. The molecular weight excluding hydrogens is 644 g/mol. The number of hydrogen-bond donors (Lipinski definition) is 0. The first-order valence-electron chi connectivity index (χ1n) is 9.57. The van der Waals surface area contributed by atoms with Crippen molar-refractivity contribution in [1.82, 2.24) is 0 Å². The molecule has 0 radical (unpaired) electrons. The maximum absolute atomic E-state index is 12.4. The zero-order valence-corrected chi connectivity index (χ0v) is 22.3. The maximum Gasteiger partial charge on any atom is 0.363 e. The van der Waals surface area contributed by atoms with Crippen LogP contribution < -0.4 is 9.47 Å². The molecule has 4 rings (SSSR count). The molecule has 0 unspecified atom stereocenters. The molecule has 9 heteroatoms. The van der Waals surface area contributed by atoms with Crippen LogP contribution >= 0.6 is 61.7 Å². The van der Waals surface area contributed by atoms with E-state index < -0.39 is 5.97 Å². The van der Waals surface area contributed by atoms with Crippen LogP contribution in [-0.2, 0) is 16.1 Å². The number of methoxy groups -OCH3 is 1. The molecule has 0 spiro atoms. The monoisotopic (exact) mass is 657 g/mol. The van der Waals surface area contributed by atoms with Gasteiger partial charge in [-0.05, 0) is 82.3 Å². The van der Waals surface area contributed by atoms with Crippen LogP contribution in [0.1, 0.15) is 16.7 Å². The fraction of sp³-hybridized carbons (Fsp3) is 0.0833. The lowest BCUT2D eigenvalue weighted by Gasteiger charge is -2.14. The van der Waals surface area contributed by atoms with E-state index in [0.29, 0.717) is 33.7 Å². The van der Waals surface area contributed by atoms with E-state index in [1.807, 2.05) is 30.3 Å². The standard InChI is InChI=1S/C24H15BrCl2INO4/c1-31-21-10-14(8-19(28)22(21)32-12-13-2-5-16(25)6-3-13)9-20-24(30)33-23(29-20)15-4-7-17(26)18(27)11-15/h2-11H,12H2,1H3/b20-9-. The number of hydrogen-bond acceptors (Lipinski definition) is 5. The highest BCUT2D eigenvalue weighted by Crippen LogP contribution is 2.36. The lowest BCUT2D eigenvalue weighted by molar-refractivity contribution is -0.129. The Kier molecular flexibility index (Phi) is 7.63. The van der Waals surface area contributed by atoms with Crippen LogP contribution in [0, 0.1) is 3.57 Å². The number of carbonyl (C=O) groups is 1. The summed E-state index contributed by atoms with van der Waals surface area (Å²) in [6, 6.07) is 16.5. The fourth-order valence-electron chi connectivity index (χ4n) is 3.02. The van der Waals surface area contributed by atoms with Gasteiger partial charge in [0, 0.05) is 10.0 Å². The van der Waals surface area contributed by atoms with E-state index in [1.165, 1.54) is 0 Å². The van der Waals surface area contributed by atoms with Gasteiger partial charge in [-0.25, -0.2) is 9.79 Å². The number of benzene rings is 3. The Morgan fingerprint density at radius 2 is 1.85 bits per heavy atom. The van der Waals surface area contributed by atoms with E-state index in [4.69, 9.17) is 37.4 Å². The molecule has 1 heterocycles. The van der Waals surface area contributed by atoms with Gasteiger partial charge in [0.05, 0.1) is 20.7 Å². The molecule has 3 aromatic carbocycles. The molecule has 0 N–H and O–H groups in total. The first kappa shape index (κ1) is 24.1. The molecule has 0 saturated carbocycles. The fourth-order valence-corrected chi connectivity index (χ4v) is 4.36. The summed E-state index contributed by atoms with van der Waals surface area (Å²) in [6.45, 7) is 0.393. The number of carbonyl (C=O) groups excluding carboxylic acids is 1. The number of esters is 1. The van der Waals surface area contributed by atoms with E-state index in [0.717, 1.165) is 19.2 Å². The molecule has 168 valence electrons. The molecule has 33 heavy (non-hydrogen) atoms. The van der Waals surface area contributed by atoms with Crippen molar-refractivity contribution in [3.05, 3.63) is 95.1 Å². The van der Waals surface area contributed by atoms with E-state index in [9.17, 15) is 4.79 Å². The Hall–Kier alpha value is -2.07. The van der Waals surface area contributed by atoms with E-state index in [-0.39, 0.29) is 11.6 Å². The van der Waals surface area contributed by atoms with Crippen molar-refractivity contribution in [2.75, 3.05) is 7.11 Å². The first-order valence-corrected chi connectivity index (χ1v) is 12.2. The molecule has 0 atom stereocenters. The highest BCUT2D eigenvalue weighted by molar-refractivity contribution is 14.1. The maximum atomic E-state index is 12.4. The highest BCUT2D eigenvalue weighted by Gasteiger charge is 2.25. The SMILES string of the molecule is COc1cc(/C=C2\N=C(c3ccc(Cl)c(Cl)c3)OC2=O)cc(I)c1OCc1ccc(Br)cc1. The number of aliphatic imine (C=N–C) groups is 1. The normalized spacial score (nSPS) is 14.3. The minimum Gasteiger partial charge on any atom is -0.493 e. The van der Waals surface area contributed by atoms with E-state index in [2.05, 4.69) is 43.5 Å². The second-order valence-electron chi connectivity index (χ2n) is 6.91. The van der Waals surface area contributed by atoms with Gasteiger partial charge in [0.15, 0.2) is 17.2 Å². The minimum absolute atomic E-state index is 0.164. The third kappa shape index (κ3) is 5.71. The van der Waals surface area contributed by atoms with Gasteiger partial charge in [-0.15, -0.1) is 0 Å². The molecule has 0 saturated heterocycles. The van der Waals surface area contributed by atoms with Crippen LogP contribution in [0.3, 0.4) is 0 Å². The van der Waals surface area contributed by atoms with Crippen LogP contribution in [0.15, 0.2) is 69.8 Å². The Bertz CT molecular complexity index is 1290. The van der Waals surface area contributed by atoms with Crippen molar-refractivity contribution in [2.45, 2.75) is 6.61 Å². The Morgan fingerprint density at radius 3 is 2.55 bits per heavy atom. The highest BCUT2D eigenvalue weighted by atomic mass is 127. The molecule has 1 aliphatic rings. The van der Waals surface area contributed by atoms with Crippen molar-refractivity contribution >= 4 is 79.7 Å². The smallest absolute Gasteiger partial charge is 0.363 e. The van der Waals surface area contributed by atoms with Crippen LogP contribution in [0.4, 0.5) is 0 Å². The van der Waals surface area contributed by atoms with Gasteiger partial charge >= 0.3 is 5.97 Å². The van der Waals surface area contributed by atoms with Gasteiger partial charge in [-0.2, -0.15) is 0 Å². The summed E-state index contributed by atoms with van der Waals surface area (Å²) in [5, 5.41) is 0.758. The third-order valence-electron chi connectivity index (χ3n) is 4.64. The summed E-state index contributed by atoms with van der Waals surface area (Å²) in [6.07, 6.45) is 1.63. The summed E-state index contributed by atoms with van der Waals surface area (Å²) in [4.78, 5) is 16.7. The molecule has 0 amide bonds. The Labute approximate surface area is 222 Å². The average Bonchev–Trinajstić information content (AvgIpc) is 3.15. The zero-order valence-electron chi connectivity index (χ0n) is 17.1. The van der Waals surface area contributed by atoms with Gasteiger partial charge in [-0.1, -0.05) is 51.3 Å². The summed E-state index contributed by atoms with van der Waals surface area (Å²) in [5.74, 6) is 0.782. The van der Waals surface area contributed by atoms with Gasteiger partial charge in [0.2, 0.25) is 5.90 Å². The van der Waals surface area contributed by atoms with Crippen molar-refractivity contribution in [3.63, 3.8) is 0 Å². The molecule has 0 aliphatic carbocycles. The third-order valence-corrected chi connectivity index (χ3v) is 6.71. The van der Waals surface area contributed by atoms with E-state index >= 15 is 0 Å². The second-order valence-corrected chi connectivity index (χ2v) is 9.81. The summed E-state index contributed by atoms with van der Waals surface area (Å²) in [7, 11) is 1.57. The Morgan fingerprint density at radius 1 is 1.09 bits per heavy atom. The van der Waals surface area contributed by atoms with E-state index in [1.54, 1.807) is 37.5 Å². The second kappa shape index (κ2) is 10.5. The largest absolute Gasteiger partial charge is 0.493 e. The average molecular weight is 659 g/mol. The summed E-state index contributed by atoms with van der Waals surface area (Å²) < 4.78 is 18.7. The van der Waals surface area contributed by atoms with Crippen LogP contribution in [0.2, 0.25) is 10.0 Å². The van der Waals surface area contributed by atoms with Gasteiger partial charge < -0.3 is 14.2 Å². The van der Waals surface area contributed by atoms with Crippen LogP contribution in [-0.4, -0.2) is 19.0 Å². The lowest BCUT2D eigenvalue weighted by atomic mass is 10.1. The van der Waals surface area contributed by atoms with Gasteiger partial charge in [0.25, 0.3) is 0 Å². The first-order chi connectivity index (χ1) is 15.8. The zero-order chi connectivity index (χ0) is 23.5. The van der Waals surface area contributed by atoms with Crippen LogP contribution in [0.5, 0.6) is 11.5 Å². The van der Waals surface area contributed by atoms with Crippen LogP contribution in [0.25, 0.3) is 6.08 Å². The number of cyclic esters (lactones) is 1. The molecule has 1 aliphatic heterocycles. The lowest BCUT2D eigenvalue weighted by Crippen LogP contribution is -2.05. The molecule has 0 bridgehead atoms. The van der Waals surface area contributed by atoms with Crippen molar-refractivity contribution in [1.29, 1.82) is 0 Å². The molecule has 3 aromatic rings. The topological polar surface area (TPSA) is 57.1 Å². The van der Waals surface area contributed by atoms with Crippen molar-refractivity contribution < 1.29 is 19.0 Å². The quantitative estimate of drug-likeness (QED) is 0.159. The van der Waals surface area contributed by atoms with Crippen molar-refractivity contribution in [3.8, 4) is 11.5 Å². The number of ether oxygens (including phenoxy) is 3. The predicted octanol–water partition coefficient (Wildman–Crippen LogP) is 7.29. The van der Waals surface area contributed by atoms with Gasteiger partial charge in [0.1, 0.15) is 6.61 Å². The Balaban J connectivity index is 1.59. The predicted molar refractivity (Wildman–Crippen MR) is 141 cm³/mol. The van der Waals surface area contributed by atoms with Gasteiger partial charge in [-0.3, -0.25) is 0 Å². The number of nitrogens with zero attached hydrogens (tertiary/aromatic N) is 1. The molecule has 0 aromatic heterocycles. The molecule has 5 nitrogen and oxygen atoms in total. The summed E-state index contributed by atoms with van der Waals surface area (Å²) >= 11 is 17.6. The molecular formula is C24H15BrCl2INO4. The minimum atomic E-state index is -0.555. The molecule has 0 fully saturated rings.